The molecule has 0 unspecified atom stereocenters. The minimum atomic E-state index is 0.153. The van der Waals surface area contributed by atoms with E-state index in [1.165, 1.54) is 0 Å². The molecule has 0 atom stereocenters. The number of benzene rings is 2. The van der Waals surface area contributed by atoms with Crippen LogP contribution in [0.15, 0.2) is 58.4 Å². The van der Waals surface area contributed by atoms with Crippen molar-refractivity contribution in [3.63, 3.8) is 0 Å². The molecule has 0 aliphatic rings. The molecule has 0 fully saturated rings. The molecule has 1 aromatic heterocycles. The summed E-state index contributed by atoms with van der Waals surface area (Å²) in [7, 11) is 0. The van der Waals surface area contributed by atoms with Crippen molar-refractivity contribution in [3.8, 4) is 5.75 Å². The van der Waals surface area contributed by atoms with Crippen LogP contribution in [0, 0.1) is 0 Å². The third-order valence-electron chi connectivity index (χ3n) is 3.02. The fourth-order valence-electron chi connectivity index (χ4n) is 1.94. The fourth-order valence-corrected chi connectivity index (χ4v) is 3.98. The van der Waals surface area contributed by atoms with Crippen molar-refractivity contribution in [3.05, 3.63) is 59.6 Å². The molecule has 0 aliphatic heterocycles. The van der Waals surface area contributed by atoms with Crippen LogP contribution in [0.4, 0.5) is 5.69 Å². The highest BCUT2D eigenvalue weighted by Gasteiger charge is 2.05. The molecule has 1 heterocycles. The third-order valence-corrected chi connectivity index (χ3v) is 5.41. The molecule has 3 aromatic rings. The first-order chi connectivity index (χ1) is 11.2. The zero-order valence-electron chi connectivity index (χ0n) is 12.1. The first-order valence-corrected chi connectivity index (χ1v) is 9.00. The van der Waals surface area contributed by atoms with Crippen molar-refractivity contribution in [2.24, 2.45) is 4.99 Å². The van der Waals surface area contributed by atoms with E-state index in [0.29, 0.717) is 10.6 Å². The predicted octanol–water partition coefficient (Wildman–Crippen LogP) is 5.68. The lowest BCUT2D eigenvalue weighted by Gasteiger charge is -1.99. The Morgan fingerprint density at radius 3 is 3.00 bits per heavy atom. The van der Waals surface area contributed by atoms with Crippen molar-refractivity contribution in [1.82, 2.24) is 4.98 Å². The van der Waals surface area contributed by atoms with Gasteiger partial charge < -0.3 is 5.11 Å². The number of aromatic nitrogens is 1. The number of aliphatic imine (C=N–C) groups is 1. The molecule has 0 amide bonds. The molecular formula is C17H13ClN2OS2. The van der Waals surface area contributed by atoms with Gasteiger partial charge in [-0.15, -0.1) is 17.9 Å². The first-order valence-electron chi connectivity index (χ1n) is 6.82. The Morgan fingerprint density at radius 2 is 2.17 bits per heavy atom. The highest BCUT2D eigenvalue weighted by atomic mass is 35.5. The number of nitrogens with zero attached hydrogens (tertiary/aromatic N) is 2. The molecule has 0 radical (unpaired) electrons. The molecule has 0 saturated heterocycles. The lowest BCUT2D eigenvalue weighted by atomic mass is 10.2. The number of halogens is 1. The van der Waals surface area contributed by atoms with Crippen molar-refractivity contribution in [2.45, 2.75) is 4.34 Å². The minimum absolute atomic E-state index is 0.153. The Balaban J connectivity index is 1.86. The minimum Gasteiger partial charge on any atom is -0.507 e. The van der Waals surface area contributed by atoms with Gasteiger partial charge in [0.05, 0.1) is 15.9 Å². The van der Waals surface area contributed by atoms with Crippen LogP contribution in [0.2, 0.25) is 5.02 Å². The number of hydrogen-bond donors (Lipinski definition) is 1. The second-order valence-electron chi connectivity index (χ2n) is 4.69. The van der Waals surface area contributed by atoms with Gasteiger partial charge >= 0.3 is 0 Å². The second kappa shape index (κ2) is 7.17. The maximum atomic E-state index is 9.80. The monoisotopic (exact) mass is 360 g/mol. The number of rotatable bonds is 5. The molecule has 0 saturated carbocycles. The Labute approximate surface area is 147 Å². The van der Waals surface area contributed by atoms with E-state index in [0.717, 1.165) is 26.0 Å². The molecule has 0 spiro atoms. The lowest BCUT2D eigenvalue weighted by Crippen LogP contribution is -1.82. The van der Waals surface area contributed by atoms with Gasteiger partial charge in [0.15, 0.2) is 4.34 Å². The number of fused-ring (bicyclic) bond motifs is 1. The van der Waals surface area contributed by atoms with Crippen molar-refractivity contribution in [1.29, 1.82) is 0 Å². The number of thioether (sulfide) groups is 1. The molecule has 6 heteroatoms. The van der Waals surface area contributed by atoms with E-state index in [4.69, 9.17) is 11.6 Å². The molecule has 1 N–H and O–H groups in total. The zero-order valence-corrected chi connectivity index (χ0v) is 14.5. The average molecular weight is 361 g/mol. The molecule has 116 valence electrons. The van der Waals surface area contributed by atoms with Crippen molar-refractivity contribution >= 4 is 56.8 Å². The summed E-state index contributed by atoms with van der Waals surface area (Å²) in [4.78, 5) is 8.97. The van der Waals surface area contributed by atoms with E-state index in [1.54, 1.807) is 47.5 Å². The summed E-state index contributed by atoms with van der Waals surface area (Å²) in [5.41, 5.74) is 2.36. The van der Waals surface area contributed by atoms with Crippen LogP contribution >= 0.6 is 34.7 Å². The first kappa shape index (κ1) is 16.1. The van der Waals surface area contributed by atoms with Crippen LogP contribution in [0.25, 0.3) is 10.2 Å². The summed E-state index contributed by atoms with van der Waals surface area (Å²) in [6.07, 6.45) is 3.47. The van der Waals surface area contributed by atoms with Gasteiger partial charge in [-0.3, -0.25) is 4.99 Å². The topological polar surface area (TPSA) is 45.5 Å². The van der Waals surface area contributed by atoms with Gasteiger partial charge in [0.2, 0.25) is 0 Å². The van der Waals surface area contributed by atoms with E-state index >= 15 is 0 Å². The summed E-state index contributed by atoms with van der Waals surface area (Å²) in [5.74, 6) is 0.999. The van der Waals surface area contributed by atoms with Gasteiger partial charge in [-0.2, -0.15) is 0 Å². The van der Waals surface area contributed by atoms with Crippen LogP contribution in [0.5, 0.6) is 5.75 Å². The Kier molecular flexibility index (Phi) is 5.00. The fraction of sp³-hybridized carbons (Fsp3) is 0.0588. The highest BCUT2D eigenvalue weighted by molar-refractivity contribution is 8.01. The molecule has 23 heavy (non-hydrogen) atoms. The number of phenols is 1. The Bertz CT molecular complexity index is 889. The number of aromatic hydroxyl groups is 1. The van der Waals surface area contributed by atoms with Gasteiger partial charge in [0, 0.05) is 22.6 Å². The summed E-state index contributed by atoms with van der Waals surface area (Å²) in [5, 5.41) is 10.4. The molecule has 3 nitrogen and oxygen atoms in total. The summed E-state index contributed by atoms with van der Waals surface area (Å²) >= 11 is 9.24. The molecule has 0 bridgehead atoms. The van der Waals surface area contributed by atoms with Crippen molar-refractivity contribution in [2.75, 3.05) is 5.75 Å². The van der Waals surface area contributed by atoms with Crippen LogP contribution in [0.3, 0.4) is 0 Å². The number of phenolic OH excluding ortho intramolecular Hbond substituents is 1. The molecule has 2 aromatic carbocycles. The normalized spacial score (nSPS) is 11.3. The van der Waals surface area contributed by atoms with Gasteiger partial charge in [-0.25, -0.2) is 4.98 Å². The zero-order chi connectivity index (χ0) is 16.2. The van der Waals surface area contributed by atoms with Gasteiger partial charge in [-0.05, 0) is 36.4 Å². The van der Waals surface area contributed by atoms with Gasteiger partial charge in [-0.1, -0.05) is 29.4 Å². The SMILES string of the molecule is C=CCSc1nc2ccc(N=Cc3cc(Cl)ccc3O)cc2s1. The van der Waals surface area contributed by atoms with Crippen LogP contribution < -0.4 is 0 Å². The summed E-state index contributed by atoms with van der Waals surface area (Å²) in [6, 6.07) is 10.7. The predicted molar refractivity (Wildman–Crippen MR) is 101 cm³/mol. The maximum absolute atomic E-state index is 9.80. The summed E-state index contributed by atoms with van der Waals surface area (Å²) in [6.45, 7) is 3.72. The third kappa shape index (κ3) is 3.93. The van der Waals surface area contributed by atoms with E-state index in [9.17, 15) is 5.11 Å². The van der Waals surface area contributed by atoms with Gasteiger partial charge in [0.25, 0.3) is 0 Å². The molecule has 3 rings (SSSR count). The quantitative estimate of drug-likeness (QED) is 0.361. The van der Waals surface area contributed by atoms with E-state index < -0.39 is 0 Å². The van der Waals surface area contributed by atoms with Crippen molar-refractivity contribution < 1.29 is 5.11 Å². The highest BCUT2D eigenvalue weighted by Crippen LogP contribution is 2.32. The standard InChI is InChI=1S/C17H13ClN2OS2/c1-2-7-22-17-20-14-5-4-13(9-16(14)23-17)19-10-11-8-12(18)3-6-15(11)21/h2-6,8-10,21H,1,7H2. The van der Waals surface area contributed by atoms with Crippen LogP contribution in [-0.4, -0.2) is 22.1 Å². The van der Waals surface area contributed by atoms with E-state index in [-0.39, 0.29) is 5.75 Å². The lowest BCUT2D eigenvalue weighted by molar-refractivity contribution is 0.474. The van der Waals surface area contributed by atoms with Crippen LogP contribution in [-0.2, 0) is 0 Å². The molecular weight excluding hydrogens is 348 g/mol. The number of thiazole rings is 1. The van der Waals surface area contributed by atoms with Gasteiger partial charge in [0.1, 0.15) is 5.75 Å². The maximum Gasteiger partial charge on any atom is 0.151 e. The second-order valence-corrected chi connectivity index (χ2v) is 7.43. The average Bonchev–Trinajstić information content (AvgIpc) is 2.95. The Morgan fingerprint density at radius 1 is 1.30 bits per heavy atom. The largest absolute Gasteiger partial charge is 0.507 e. The number of hydrogen-bond acceptors (Lipinski definition) is 5. The van der Waals surface area contributed by atoms with E-state index in [1.807, 2.05) is 24.3 Å². The van der Waals surface area contributed by atoms with Crippen LogP contribution in [0.1, 0.15) is 5.56 Å². The van der Waals surface area contributed by atoms with E-state index in [2.05, 4.69) is 16.6 Å². The summed E-state index contributed by atoms with van der Waals surface area (Å²) < 4.78 is 2.11. The Hall–Kier alpha value is -1.82. The molecule has 0 aliphatic carbocycles. The smallest absolute Gasteiger partial charge is 0.151 e.